The number of benzene rings is 1. The Hall–Kier alpha value is -2.37. The molecule has 0 aliphatic carbocycles. The minimum absolute atomic E-state index is 0.0835. The number of amides is 2. The number of carbonyl (C=O) groups is 3. The predicted molar refractivity (Wildman–Crippen MR) is 86.0 cm³/mol. The molecule has 1 aromatic rings. The van der Waals surface area contributed by atoms with Crippen LogP contribution in [0.1, 0.15) is 31.2 Å². The van der Waals surface area contributed by atoms with Crippen LogP contribution < -0.4 is 10.2 Å². The van der Waals surface area contributed by atoms with Gasteiger partial charge in [-0.15, -0.1) is 0 Å². The first kappa shape index (κ1) is 17.0. The fourth-order valence-electron chi connectivity index (χ4n) is 2.53. The lowest BCUT2D eigenvalue weighted by molar-refractivity contribution is -0.140. The molecule has 6 heteroatoms. The zero-order valence-corrected chi connectivity index (χ0v) is 13.3. The van der Waals surface area contributed by atoms with E-state index in [0.29, 0.717) is 25.8 Å². The molecular formula is C17H22N2O4. The fraction of sp³-hybridized carbons (Fsp3) is 0.471. The number of nitrogens with zero attached hydrogens (tertiary/aromatic N) is 1. The second-order valence-corrected chi connectivity index (χ2v) is 5.52. The Morgan fingerprint density at radius 2 is 2.00 bits per heavy atom. The van der Waals surface area contributed by atoms with Gasteiger partial charge in [-0.1, -0.05) is 12.1 Å². The van der Waals surface area contributed by atoms with Crippen LogP contribution in [0.5, 0.6) is 0 Å². The Bertz CT molecular complexity index is 568. The molecule has 0 saturated carbocycles. The Morgan fingerprint density at radius 1 is 1.26 bits per heavy atom. The molecule has 0 radical (unpaired) electrons. The molecule has 1 aliphatic rings. The zero-order chi connectivity index (χ0) is 16.7. The lowest BCUT2D eigenvalue weighted by Gasteiger charge is -2.15. The van der Waals surface area contributed by atoms with Crippen molar-refractivity contribution >= 4 is 23.5 Å². The first-order valence-corrected chi connectivity index (χ1v) is 7.83. The van der Waals surface area contributed by atoms with Crippen LogP contribution >= 0.6 is 0 Å². The number of ether oxygens (including phenoxy) is 1. The van der Waals surface area contributed by atoms with Crippen LogP contribution in [0.25, 0.3) is 0 Å². The third kappa shape index (κ3) is 5.09. The maximum atomic E-state index is 11.8. The van der Waals surface area contributed by atoms with Gasteiger partial charge in [0.15, 0.2) is 0 Å². The monoisotopic (exact) mass is 318 g/mol. The highest BCUT2D eigenvalue weighted by atomic mass is 16.5. The van der Waals surface area contributed by atoms with Crippen LogP contribution in [-0.4, -0.2) is 38.0 Å². The van der Waals surface area contributed by atoms with E-state index in [-0.39, 0.29) is 24.2 Å². The Labute approximate surface area is 135 Å². The largest absolute Gasteiger partial charge is 0.469 e. The second kappa shape index (κ2) is 8.31. The average Bonchev–Trinajstić information content (AvgIpc) is 2.98. The molecule has 0 aromatic heterocycles. The van der Waals surface area contributed by atoms with Crippen molar-refractivity contribution in [3.63, 3.8) is 0 Å². The van der Waals surface area contributed by atoms with Crippen LogP contribution in [0.15, 0.2) is 24.3 Å². The van der Waals surface area contributed by atoms with Crippen molar-refractivity contribution in [3.8, 4) is 0 Å². The summed E-state index contributed by atoms with van der Waals surface area (Å²) >= 11 is 0. The van der Waals surface area contributed by atoms with Crippen molar-refractivity contribution in [1.82, 2.24) is 5.32 Å². The number of hydrogen-bond acceptors (Lipinski definition) is 4. The summed E-state index contributed by atoms with van der Waals surface area (Å²) in [5, 5.41) is 2.78. The first-order valence-electron chi connectivity index (χ1n) is 7.83. The minimum Gasteiger partial charge on any atom is -0.469 e. The molecule has 2 amide bonds. The van der Waals surface area contributed by atoms with E-state index in [2.05, 4.69) is 10.1 Å². The summed E-state index contributed by atoms with van der Waals surface area (Å²) in [6.07, 6.45) is 2.65. The third-order valence-corrected chi connectivity index (χ3v) is 3.79. The summed E-state index contributed by atoms with van der Waals surface area (Å²) in [5.74, 6) is -0.202. The summed E-state index contributed by atoms with van der Waals surface area (Å²) in [6, 6.07) is 7.50. The SMILES string of the molecule is COC(=O)CCCNC(=O)Cc1ccc(N2CCCC2=O)cc1. The Morgan fingerprint density at radius 3 is 2.61 bits per heavy atom. The maximum Gasteiger partial charge on any atom is 0.305 e. The molecule has 1 aromatic carbocycles. The normalized spacial score (nSPS) is 14.0. The van der Waals surface area contributed by atoms with Crippen molar-refractivity contribution in [1.29, 1.82) is 0 Å². The van der Waals surface area contributed by atoms with Crippen LogP contribution in [0.3, 0.4) is 0 Å². The molecule has 2 rings (SSSR count). The van der Waals surface area contributed by atoms with Gasteiger partial charge in [-0.05, 0) is 30.5 Å². The van der Waals surface area contributed by atoms with E-state index < -0.39 is 0 Å². The van der Waals surface area contributed by atoms with Gasteiger partial charge in [-0.25, -0.2) is 0 Å². The molecule has 1 N–H and O–H groups in total. The van der Waals surface area contributed by atoms with Gasteiger partial charge in [0, 0.05) is 31.6 Å². The smallest absolute Gasteiger partial charge is 0.305 e. The summed E-state index contributed by atoms with van der Waals surface area (Å²) in [4.78, 5) is 36.2. The second-order valence-electron chi connectivity index (χ2n) is 5.52. The molecule has 1 fully saturated rings. The minimum atomic E-state index is -0.272. The van der Waals surface area contributed by atoms with E-state index in [4.69, 9.17) is 0 Å². The lowest BCUT2D eigenvalue weighted by Crippen LogP contribution is -2.26. The van der Waals surface area contributed by atoms with Crippen LogP contribution in [0, 0.1) is 0 Å². The van der Waals surface area contributed by atoms with Crippen molar-refractivity contribution in [2.75, 3.05) is 25.1 Å². The standard InChI is InChI=1S/C17H22N2O4/c1-23-17(22)5-2-10-18-15(20)12-13-6-8-14(9-7-13)19-11-3-4-16(19)21/h6-9H,2-5,10-12H2,1H3,(H,18,20). The molecule has 0 bridgehead atoms. The van der Waals surface area contributed by atoms with Crippen molar-refractivity contribution in [3.05, 3.63) is 29.8 Å². The number of esters is 1. The van der Waals surface area contributed by atoms with Crippen LogP contribution in [0.4, 0.5) is 5.69 Å². The number of rotatable bonds is 7. The van der Waals surface area contributed by atoms with Gasteiger partial charge >= 0.3 is 5.97 Å². The van der Waals surface area contributed by atoms with Crippen LogP contribution in [0.2, 0.25) is 0 Å². The van der Waals surface area contributed by atoms with E-state index >= 15 is 0 Å². The molecule has 6 nitrogen and oxygen atoms in total. The van der Waals surface area contributed by atoms with Crippen LogP contribution in [-0.2, 0) is 25.5 Å². The lowest BCUT2D eigenvalue weighted by atomic mass is 10.1. The number of carbonyl (C=O) groups excluding carboxylic acids is 3. The summed E-state index contributed by atoms with van der Waals surface area (Å²) in [5.41, 5.74) is 1.78. The summed E-state index contributed by atoms with van der Waals surface area (Å²) in [6.45, 7) is 1.22. The van der Waals surface area contributed by atoms with Crippen molar-refractivity contribution in [2.45, 2.75) is 32.1 Å². The summed E-state index contributed by atoms with van der Waals surface area (Å²) in [7, 11) is 1.35. The molecular weight excluding hydrogens is 296 g/mol. The van der Waals surface area contributed by atoms with Gasteiger partial charge in [-0.2, -0.15) is 0 Å². The first-order chi connectivity index (χ1) is 11.1. The predicted octanol–water partition coefficient (Wildman–Crippen LogP) is 1.43. The Balaban J connectivity index is 1.75. The van der Waals surface area contributed by atoms with Gasteiger partial charge in [0.05, 0.1) is 13.5 Å². The van der Waals surface area contributed by atoms with Gasteiger partial charge < -0.3 is 15.0 Å². The number of anilines is 1. The number of hydrogen-bond donors (Lipinski definition) is 1. The zero-order valence-electron chi connectivity index (χ0n) is 13.3. The fourth-order valence-corrected chi connectivity index (χ4v) is 2.53. The van der Waals surface area contributed by atoms with E-state index in [1.165, 1.54) is 7.11 Å². The van der Waals surface area contributed by atoms with Crippen molar-refractivity contribution < 1.29 is 19.1 Å². The molecule has 1 aliphatic heterocycles. The molecule has 23 heavy (non-hydrogen) atoms. The molecule has 1 saturated heterocycles. The quantitative estimate of drug-likeness (QED) is 0.609. The Kier molecular flexibility index (Phi) is 6.14. The molecule has 1 heterocycles. The van der Waals surface area contributed by atoms with Gasteiger partial charge in [0.1, 0.15) is 0 Å². The molecule has 0 spiro atoms. The van der Waals surface area contributed by atoms with Gasteiger partial charge in [-0.3, -0.25) is 14.4 Å². The molecule has 124 valence electrons. The van der Waals surface area contributed by atoms with Gasteiger partial charge in [0.2, 0.25) is 11.8 Å². The van der Waals surface area contributed by atoms with E-state index in [1.54, 1.807) is 4.90 Å². The van der Waals surface area contributed by atoms with E-state index in [9.17, 15) is 14.4 Å². The van der Waals surface area contributed by atoms with Crippen molar-refractivity contribution in [2.24, 2.45) is 0 Å². The maximum absolute atomic E-state index is 11.8. The number of methoxy groups -OCH3 is 1. The summed E-state index contributed by atoms with van der Waals surface area (Å²) < 4.78 is 4.53. The molecule has 0 unspecified atom stereocenters. The molecule has 0 atom stereocenters. The highest BCUT2D eigenvalue weighted by molar-refractivity contribution is 5.95. The number of nitrogens with one attached hydrogen (secondary N) is 1. The third-order valence-electron chi connectivity index (χ3n) is 3.79. The average molecular weight is 318 g/mol. The highest BCUT2D eigenvalue weighted by Crippen LogP contribution is 2.21. The van der Waals surface area contributed by atoms with Gasteiger partial charge in [0.25, 0.3) is 0 Å². The van der Waals surface area contributed by atoms with E-state index in [0.717, 1.165) is 24.2 Å². The van der Waals surface area contributed by atoms with E-state index in [1.807, 2.05) is 24.3 Å². The topological polar surface area (TPSA) is 75.7 Å². The highest BCUT2D eigenvalue weighted by Gasteiger charge is 2.21.